The third kappa shape index (κ3) is 6.96. The summed E-state index contributed by atoms with van der Waals surface area (Å²) in [5.74, 6) is 1.90. The largest absolute Gasteiger partial charge is 0.496 e. The van der Waals surface area contributed by atoms with Gasteiger partial charge in [-0.05, 0) is 73.8 Å². The fourth-order valence-electron chi connectivity index (χ4n) is 5.22. The summed E-state index contributed by atoms with van der Waals surface area (Å²) in [7, 11) is 2.49. The fourth-order valence-corrected chi connectivity index (χ4v) is 6.49. The minimum atomic E-state index is -2.26. The first-order valence-electron chi connectivity index (χ1n) is 14.5. The lowest BCUT2D eigenvalue weighted by atomic mass is 9.99. The lowest BCUT2D eigenvalue weighted by molar-refractivity contribution is -0.0712. The number of nitrogens with one attached hydrogen (secondary N) is 1. The normalized spacial score (nSPS) is 16.1. The van der Waals surface area contributed by atoms with Gasteiger partial charge in [-0.15, -0.1) is 0 Å². The molecular formula is C32H46N2O6Si. The van der Waals surface area contributed by atoms with Crippen LogP contribution in [-0.4, -0.2) is 57.8 Å². The Labute approximate surface area is 245 Å². The van der Waals surface area contributed by atoms with Crippen molar-refractivity contribution < 1.29 is 28.2 Å². The Balaban J connectivity index is 1.80. The molecule has 1 N–H and O–H groups in total. The number of imidazole rings is 1. The molecule has 41 heavy (non-hydrogen) atoms. The molecule has 1 aliphatic carbocycles. The van der Waals surface area contributed by atoms with Crippen molar-refractivity contribution in [3.63, 3.8) is 0 Å². The summed E-state index contributed by atoms with van der Waals surface area (Å²) < 4.78 is 30.6. The van der Waals surface area contributed by atoms with Crippen molar-refractivity contribution in [2.45, 2.75) is 96.2 Å². The van der Waals surface area contributed by atoms with Crippen LogP contribution in [-0.2, 0) is 20.3 Å². The van der Waals surface area contributed by atoms with Gasteiger partial charge in [-0.1, -0.05) is 33.6 Å². The van der Waals surface area contributed by atoms with Crippen LogP contribution in [0.4, 0.5) is 0 Å². The van der Waals surface area contributed by atoms with Crippen molar-refractivity contribution in [2.75, 3.05) is 21.3 Å². The van der Waals surface area contributed by atoms with E-state index in [1.165, 1.54) is 7.11 Å². The maximum Gasteiger partial charge on any atom is 0.337 e. The van der Waals surface area contributed by atoms with Gasteiger partial charge >= 0.3 is 5.97 Å². The molecule has 224 valence electrons. The first kappa shape index (κ1) is 31.1. The summed E-state index contributed by atoms with van der Waals surface area (Å²) in [6.07, 6.45) is 4.38. The van der Waals surface area contributed by atoms with Crippen molar-refractivity contribution in [3.8, 4) is 11.5 Å². The second kappa shape index (κ2) is 12.5. The summed E-state index contributed by atoms with van der Waals surface area (Å²) >= 11 is 0. The third-order valence-corrected chi connectivity index (χ3v) is 13.1. The molecule has 1 saturated carbocycles. The van der Waals surface area contributed by atoms with Gasteiger partial charge in [0.15, 0.2) is 8.32 Å². The maximum atomic E-state index is 12.1. The molecule has 0 radical (unpaired) electrons. The Hall–Kier alpha value is -2.88. The van der Waals surface area contributed by atoms with Crippen LogP contribution >= 0.6 is 0 Å². The smallest absolute Gasteiger partial charge is 0.337 e. The average molecular weight is 583 g/mol. The quantitative estimate of drug-likeness (QED) is 0.187. The zero-order valence-corrected chi connectivity index (χ0v) is 27.1. The highest BCUT2D eigenvalue weighted by atomic mass is 28.4. The zero-order chi connectivity index (χ0) is 29.9. The highest BCUT2D eigenvalue weighted by Gasteiger charge is 2.42. The van der Waals surface area contributed by atoms with Crippen LogP contribution < -0.4 is 9.47 Å². The van der Waals surface area contributed by atoms with Crippen LogP contribution in [0.15, 0.2) is 30.3 Å². The molecule has 0 bridgehead atoms. The number of nitrogens with zero attached hydrogens (tertiary/aromatic N) is 1. The molecule has 0 unspecified atom stereocenters. The van der Waals surface area contributed by atoms with Crippen molar-refractivity contribution >= 4 is 25.3 Å². The molecule has 0 amide bonds. The number of hydrogen-bond acceptors (Lipinski definition) is 7. The molecule has 2 atom stereocenters. The van der Waals surface area contributed by atoms with E-state index in [4.69, 9.17) is 28.4 Å². The Bertz CT molecular complexity index is 1330. The number of rotatable bonds is 11. The molecule has 1 aliphatic rings. The topological polar surface area (TPSA) is 91.9 Å². The number of fused-ring (bicyclic) bond motifs is 1. The second-order valence-corrected chi connectivity index (χ2v) is 17.3. The number of carbonyl (C=O) groups excluding carboxylic acids is 1. The van der Waals surface area contributed by atoms with Gasteiger partial charge in [0.25, 0.3) is 0 Å². The first-order chi connectivity index (χ1) is 19.4. The summed E-state index contributed by atoms with van der Waals surface area (Å²) in [5, 5.41) is -0.00826. The molecule has 0 saturated heterocycles. The molecule has 3 aromatic rings. The molecular weight excluding hydrogens is 536 g/mol. The van der Waals surface area contributed by atoms with Crippen LogP contribution in [0, 0.1) is 6.92 Å². The van der Waals surface area contributed by atoms with E-state index in [0.717, 1.165) is 65.2 Å². The lowest BCUT2D eigenvalue weighted by Gasteiger charge is -2.42. The van der Waals surface area contributed by atoms with Crippen LogP contribution in [0.5, 0.6) is 11.5 Å². The van der Waals surface area contributed by atoms with E-state index < -0.39 is 8.32 Å². The van der Waals surface area contributed by atoms with Crippen molar-refractivity contribution in [3.05, 3.63) is 52.8 Å². The van der Waals surface area contributed by atoms with E-state index in [1.54, 1.807) is 26.4 Å². The number of esters is 1. The standard InChI is InChI=1S/C32H46N2O6Si/c1-20-26(36-5)17-22(18-27(20)37-6)30(40-41(8,9)32(2,3)4)28(39-23-12-10-11-13-23)19-29-33-24-15-14-21(31(35)38-7)16-25(24)34-29/h14-18,23,28,30H,10-13,19H2,1-9H3,(H,33,34)/t28-,30+/m0/s1. The summed E-state index contributed by atoms with van der Waals surface area (Å²) in [6, 6.07) is 9.47. The highest BCUT2D eigenvalue weighted by Crippen LogP contribution is 2.44. The minimum Gasteiger partial charge on any atom is -0.496 e. The number of aromatic nitrogens is 2. The molecule has 1 heterocycles. The average Bonchev–Trinajstić information content (AvgIpc) is 3.59. The van der Waals surface area contributed by atoms with E-state index >= 15 is 0 Å². The zero-order valence-electron chi connectivity index (χ0n) is 26.1. The van der Waals surface area contributed by atoms with Gasteiger partial charge in [-0.3, -0.25) is 0 Å². The van der Waals surface area contributed by atoms with E-state index in [2.05, 4.69) is 51.0 Å². The Kier molecular flexibility index (Phi) is 9.51. The molecule has 1 fully saturated rings. The minimum absolute atomic E-state index is 0.00826. The Morgan fingerprint density at radius 3 is 2.24 bits per heavy atom. The number of ether oxygens (including phenoxy) is 4. The van der Waals surface area contributed by atoms with Gasteiger partial charge in [-0.2, -0.15) is 0 Å². The highest BCUT2D eigenvalue weighted by molar-refractivity contribution is 6.74. The molecule has 1 aromatic heterocycles. The van der Waals surface area contributed by atoms with Crippen molar-refractivity contribution in [2.24, 2.45) is 0 Å². The van der Waals surface area contributed by atoms with E-state index in [9.17, 15) is 4.79 Å². The van der Waals surface area contributed by atoms with Crippen LogP contribution in [0.1, 0.15) is 79.9 Å². The van der Waals surface area contributed by atoms with Crippen LogP contribution in [0.25, 0.3) is 11.0 Å². The number of H-pyrrole nitrogens is 1. The van der Waals surface area contributed by atoms with Gasteiger partial charge < -0.3 is 28.4 Å². The van der Waals surface area contributed by atoms with Gasteiger partial charge in [-0.25, -0.2) is 9.78 Å². The molecule has 9 heteroatoms. The first-order valence-corrected chi connectivity index (χ1v) is 17.4. The number of methoxy groups -OCH3 is 3. The maximum absolute atomic E-state index is 12.1. The fraction of sp³-hybridized carbons (Fsp3) is 0.562. The Morgan fingerprint density at radius 1 is 1.05 bits per heavy atom. The van der Waals surface area contributed by atoms with Gasteiger partial charge in [0, 0.05) is 12.0 Å². The van der Waals surface area contributed by atoms with Crippen molar-refractivity contribution in [1.29, 1.82) is 0 Å². The monoisotopic (exact) mass is 582 g/mol. The molecule has 0 aliphatic heterocycles. The molecule has 4 rings (SSSR count). The second-order valence-electron chi connectivity index (χ2n) is 12.5. The predicted molar refractivity (Wildman–Crippen MR) is 164 cm³/mol. The number of carbonyl (C=O) groups is 1. The van der Waals surface area contributed by atoms with Gasteiger partial charge in [0.05, 0.1) is 56.2 Å². The number of aromatic amines is 1. The Morgan fingerprint density at radius 2 is 1.68 bits per heavy atom. The summed E-state index contributed by atoms with van der Waals surface area (Å²) in [5.41, 5.74) is 3.95. The number of hydrogen-bond donors (Lipinski definition) is 1. The number of benzene rings is 2. The predicted octanol–water partition coefficient (Wildman–Crippen LogP) is 7.31. The molecule has 2 aromatic carbocycles. The summed E-state index contributed by atoms with van der Waals surface area (Å²) in [4.78, 5) is 20.4. The van der Waals surface area contributed by atoms with E-state index in [1.807, 2.05) is 13.0 Å². The van der Waals surface area contributed by atoms with E-state index in [-0.39, 0.29) is 29.3 Å². The van der Waals surface area contributed by atoms with Crippen LogP contribution in [0.2, 0.25) is 18.1 Å². The van der Waals surface area contributed by atoms with Crippen molar-refractivity contribution in [1.82, 2.24) is 9.97 Å². The third-order valence-electron chi connectivity index (χ3n) is 8.68. The van der Waals surface area contributed by atoms with Gasteiger partial charge in [0.1, 0.15) is 17.3 Å². The lowest BCUT2D eigenvalue weighted by Crippen LogP contribution is -2.45. The molecule has 0 spiro atoms. The van der Waals surface area contributed by atoms with Gasteiger partial charge in [0.2, 0.25) is 0 Å². The SMILES string of the molecule is COC(=O)c1ccc2nc(C[C@H](OC3CCCC3)[C@H](O[Si](C)(C)C(C)(C)C)c3cc(OC)c(C)c(OC)c3)[nH]c2c1. The summed E-state index contributed by atoms with van der Waals surface area (Å²) in [6.45, 7) is 13.3. The molecule has 8 nitrogen and oxygen atoms in total. The van der Waals surface area contributed by atoms with Crippen LogP contribution in [0.3, 0.4) is 0 Å². The van der Waals surface area contributed by atoms with E-state index in [0.29, 0.717) is 12.0 Å².